The summed E-state index contributed by atoms with van der Waals surface area (Å²) in [5.74, 6) is -2.15. The van der Waals surface area contributed by atoms with Crippen LogP contribution in [0.15, 0.2) is 0 Å². The molecule has 0 fully saturated rings. The van der Waals surface area contributed by atoms with Gasteiger partial charge in [-0.15, -0.1) is 0 Å². The van der Waals surface area contributed by atoms with Crippen LogP contribution in [-0.2, 0) is 19.1 Å². The topological polar surface area (TPSA) is 52.6 Å². The van der Waals surface area contributed by atoms with Crippen LogP contribution in [0.2, 0.25) is 0 Å². The van der Waals surface area contributed by atoms with E-state index in [2.05, 4.69) is 16.4 Å². The number of halogens is 2. The van der Waals surface area contributed by atoms with E-state index in [0.717, 1.165) is 0 Å². The van der Waals surface area contributed by atoms with Crippen LogP contribution in [0.3, 0.4) is 0 Å². The van der Waals surface area contributed by atoms with Crippen LogP contribution >= 0.6 is 0 Å². The van der Waals surface area contributed by atoms with Crippen molar-refractivity contribution < 1.29 is 57.4 Å². The van der Waals surface area contributed by atoms with E-state index in [-0.39, 0.29) is 55.6 Å². The van der Waals surface area contributed by atoms with Gasteiger partial charge in [0, 0.05) is 5.92 Å². The molecule has 0 heterocycles. The first-order valence-corrected chi connectivity index (χ1v) is 4.89. The smallest absolute Gasteiger partial charge is 0.463 e. The Morgan fingerprint density at radius 1 is 1.12 bits per heavy atom. The monoisotopic (exact) mass is 260 g/mol. The normalized spacial score (nSPS) is 11.2. The van der Waals surface area contributed by atoms with Gasteiger partial charge in [-0.1, -0.05) is 0 Å². The molecule has 94 valence electrons. The van der Waals surface area contributed by atoms with Gasteiger partial charge in [0.1, 0.15) is 26.6 Å². The van der Waals surface area contributed by atoms with Crippen LogP contribution in [0.1, 0.15) is 12.8 Å². The van der Waals surface area contributed by atoms with Gasteiger partial charge in [0.25, 0.3) is 0 Å². The first-order chi connectivity index (χ1) is 7.65. The molecule has 0 aromatic carbocycles. The summed E-state index contributed by atoms with van der Waals surface area (Å²) in [4.78, 5) is 22.3. The Kier molecular flexibility index (Phi) is 13.8. The third-order valence-electron chi connectivity index (χ3n) is 1.76. The van der Waals surface area contributed by atoms with E-state index in [1.54, 1.807) is 0 Å². The number of alkyl halides is 2. The fourth-order valence-corrected chi connectivity index (χ4v) is 0.973. The van der Waals surface area contributed by atoms with E-state index in [9.17, 15) is 18.4 Å². The van der Waals surface area contributed by atoms with Crippen LogP contribution in [-0.4, -0.2) is 38.5 Å². The minimum atomic E-state index is -0.776. The second kappa shape index (κ2) is 12.3. The van der Waals surface area contributed by atoms with Gasteiger partial charge >= 0.3 is 41.5 Å². The summed E-state index contributed by atoms with van der Waals surface area (Å²) in [6.07, 6.45) is -0.0928. The molecular weight excluding hydrogens is 245 g/mol. The molecule has 1 atom stereocenters. The van der Waals surface area contributed by atoms with Gasteiger partial charge in [0.2, 0.25) is 0 Å². The van der Waals surface area contributed by atoms with Crippen LogP contribution in [0.25, 0.3) is 0 Å². The number of hydrogen-bond donors (Lipinski definition) is 0. The van der Waals surface area contributed by atoms with Crippen LogP contribution in [0.5, 0.6) is 0 Å². The molecule has 0 saturated carbocycles. The summed E-state index contributed by atoms with van der Waals surface area (Å²) in [7, 11) is 0. The summed E-state index contributed by atoms with van der Waals surface area (Å²) in [6, 6.07) is 0. The molecule has 1 unspecified atom stereocenters. The van der Waals surface area contributed by atoms with Crippen molar-refractivity contribution in [3.05, 3.63) is 6.92 Å². The quantitative estimate of drug-likeness (QED) is 0.295. The molecule has 0 spiro atoms. The molecule has 0 aliphatic heterocycles. The Morgan fingerprint density at radius 3 is 2.12 bits per heavy atom. The van der Waals surface area contributed by atoms with Gasteiger partial charge in [0.15, 0.2) is 0 Å². The molecule has 0 rings (SSSR count). The van der Waals surface area contributed by atoms with Gasteiger partial charge in [-0.2, -0.15) is 6.42 Å². The molecule has 0 aliphatic carbocycles. The maximum atomic E-state index is 11.7. The molecule has 0 amide bonds. The van der Waals surface area contributed by atoms with Gasteiger partial charge < -0.3 is 16.4 Å². The van der Waals surface area contributed by atoms with Gasteiger partial charge in [-0.25, -0.2) is 8.78 Å². The van der Waals surface area contributed by atoms with Crippen molar-refractivity contribution in [3.63, 3.8) is 0 Å². The van der Waals surface area contributed by atoms with Crippen LogP contribution < -0.4 is 29.6 Å². The van der Waals surface area contributed by atoms with Gasteiger partial charge in [-0.3, -0.25) is 9.59 Å². The summed E-state index contributed by atoms with van der Waals surface area (Å²) in [6.45, 7) is 1.26. The Labute approximate surface area is 121 Å². The summed E-state index contributed by atoms with van der Waals surface area (Å²) in [5, 5.41) is 0. The second-order valence-corrected chi connectivity index (χ2v) is 2.96. The molecule has 7 heteroatoms. The molecule has 0 saturated heterocycles. The third kappa shape index (κ3) is 9.50. The maximum Gasteiger partial charge on any atom is 1.00 e. The number of hydrogen-bond acceptors (Lipinski definition) is 4. The largest absolute Gasteiger partial charge is 1.00 e. The molecule has 0 radical (unpaired) electrons. The van der Waals surface area contributed by atoms with Crippen molar-refractivity contribution in [2.45, 2.75) is 12.8 Å². The number of carbonyl (C=O) groups excluding carboxylic acids is 2. The number of rotatable bonds is 8. The van der Waals surface area contributed by atoms with E-state index in [4.69, 9.17) is 0 Å². The Hall–Kier alpha value is -0.200. The standard InChI is InChI=1S/C10H15F2O4.Na/c1-2-8(10(14)16-6-4-12)7-9(13)15-5-3-11;/h8H,1-7H2;/q-1;+1. The first kappa shape index (κ1) is 19.1. The Balaban J connectivity index is 0. The number of ether oxygens (including phenoxy) is 2. The molecule has 0 aromatic heterocycles. The second-order valence-electron chi connectivity index (χ2n) is 2.96. The van der Waals surface area contributed by atoms with E-state index in [1.807, 2.05) is 0 Å². The minimum Gasteiger partial charge on any atom is -0.463 e. The van der Waals surface area contributed by atoms with Crippen molar-refractivity contribution in [2.75, 3.05) is 26.6 Å². The third-order valence-corrected chi connectivity index (χ3v) is 1.76. The fourth-order valence-electron chi connectivity index (χ4n) is 0.973. The van der Waals surface area contributed by atoms with Gasteiger partial charge in [0.05, 0.1) is 6.42 Å². The molecular formula is C10H15F2NaO4. The van der Waals surface area contributed by atoms with Crippen molar-refractivity contribution in [1.29, 1.82) is 0 Å². The minimum absolute atomic E-state index is 0. The van der Waals surface area contributed by atoms with Crippen molar-refractivity contribution >= 4 is 11.9 Å². The van der Waals surface area contributed by atoms with E-state index < -0.39 is 31.2 Å². The zero-order chi connectivity index (χ0) is 12.4. The number of esters is 2. The summed E-state index contributed by atoms with van der Waals surface area (Å²) >= 11 is 0. The fraction of sp³-hybridized carbons (Fsp3) is 0.700. The molecule has 0 N–H and O–H groups in total. The average molecular weight is 260 g/mol. The van der Waals surface area contributed by atoms with E-state index in [1.165, 1.54) is 0 Å². The summed E-state index contributed by atoms with van der Waals surface area (Å²) < 4.78 is 32.4. The van der Waals surface area contributed by atoms with Crippen molar-refractivity contribution in [1.82, 2.24) is 0 Å². The molecule has 0 bridgehead atoms. The molecule has 4 nitrogen and oxygen atoms in total. The maximum absolute atomic E-state index is 11.7. The Bertz CT molecular complexity index is 226. The zero-order valence-electron chi connectivity index (χ0n) is 9.92. The van der Waals surface area contributed by atoms with E-state index >= 15 is 0 Å². The van der Waals surface area contributed by atoms with Crippen molar-refractivity contribution in [3.8, 4) is 0 Å². The predicted octanol–water partition coefficient (Wildman–Crippen LogP) is -1.75. The average Bonchev–Trinajstić information content (AvgIpc) is 2.30. The molecule has 0 aliphatic rings. The predicted molar refractivity (Wildman–Crippen MR) is 51.9 cm³/mol. The molecule has 17 heavy (non-hydrogen) atoms. The van der Waals surface area contributed by atoms with E-state index in [0.29, 0.717) is 0 Å². The Morgan fingerprint density at radius 2 is 1.65 bits per heavy atom. The zero-order valence-corrected chi connectivity index (χ0v) is 11.9. The number of carbonyl (C=O) groups is 2. The van der Waals surface area contributed by atoms with Crippen LogP contribution in [0, 0.1) is 12.8 Å². The van der Waals surface area contributed by atoms with Crippen LogP contribution in [0.4, 0.5) is 8.78 Å². The summed E-state index contributed by atoms with van der Waals surface area (Å²) in [5.41, 5.74) is 0. The SMILES string of the molecule is [CH2-]CC(CC(=O)OCCF)C(=O)OCCF.[Na+]. The first-order valence-electron chi connectivity index (χ1n) is 4.89. The molecule has 0 aromatic rings. The van der Waals surface area contributed by atoms with Gasteiger partial charge in [-0.05, 0) is 0 Å². The van der Waals surface area contributed by atoms with Crippen molar-refractivity contribution in [2.24, 2.45) is 5.92 Å².